The lowest BCUT2D eigenvalue weighted by molar-refractivity contribution is 0.0983. The molecular weight excluding hydrogens is 374 g/mol. The van der Waals surface area contributed by atoms with Crippen LogP contribution in [0.5, 0.6) is 5.75 Å². The van der Waals surface area contributed by atoms with Gasteiger partial charge in [0.05, 0.1) is 11.1 Å². The lowest BCUT2D eigenvalue weighted by Gasteiger charge is -2.16. The van der Waals surface area contributed by atoms with E-state index in [1.807, 2.05) is 73.6 Å². The number of phenols is 1. The van der Waals surface area contributed by atoms with E-state index in [0.29, 0.717) is 35.6 Å². The number of anilines is 1. The first kappa shape index (κ1) is 19.6. The van der Waals surface area contributed by atoms with Gasteiger partial charge in [0.1, 0.15) is 11.6 Å². The van der Waals surface area contributed by atoms with Gasteiger partial charge in [0.15, 0.2) is 11.6 Å². The lowest BCUT2D eigenvalue weighted by Crippen LogP contribution is -2.13. The Morgan fingerprint density at radius 2 is 1.67 bits per heavy atom. The number of ketones is 1. The average Bonchev–Trinajstić information content (AvgIpc) is 2.77. The molecule has 0 atom stereocenters. The highest BCUT2D eigenvalue weighted by Crippen LogP contribution is 2.31. The predicted octanol–water partition coefficient (Wildman–Crippen LogP) is 4.88. The Hall–Kier alpha value is -3.73. The van der Waals surface area contributed by atoms with Crippen LogP contribution in [0.15, 0.2) is 72.8 Å². The van der Waals surface area contributed by atoms with Gasteiger partial charge in [-0.2, -0.15) is 0 Å². The smallest absolute Gasteiger partial charge is 0.165 e. The van der Waals surface area contributed by atoms with Crippen molar-refractivity contribution in [3.05, 3.63) is 83.9 Å². The van der Waals surface area contributed by atoms with Crippen molar-refractivity contribution in [3.8, 4) is 17.1 Å². The molecule has 1 aromatic heterocycles. The van der Waals surface area contributed by atoms with Gasteiger partial charge in [0.25, 0.3) is 0 Å². The molecule has 3 aromatic carbocycles. The number of fused-ring (bicyclic) bond motifs is 1. The van der Waals surface area contributed by atoms with E-state index in [9.17, 15) is 9.90 Å². The second kappa shape index (κ2) is 8.33. The zero-order chi connectivity index (χ0) is 21.1. The molecule has 30 heavy (non-hydrogen) atoms. The molecule has 0 spiro atoms. The molecule has 0 fully saturated rings. The SMILES string of the molecule is CN(C)c1nc(-c2ccccc2O)nc2ccc(C(=O)CCc3ccccc3)cc12. The first-order valence-corrected chi connectivity index (χ1v) is 9.87. The highest BCUT2D eigenvalue weighted by molar-refractivity contribution is 6.02. The normalized spacial score (nSPS) is 10.9. The summed E-state index contributed by atoms with van der Waals surface area (Å²) in [6.07, 6.45) is 1.16. The van der Waals surface area contributed by atoms with Crippen molar-refractivity contribution in [1.82, 2.24) is 9.97 Å². The maximum Gasteiger partial charge on any atom is 0.165 e. The average molecular weight is 397 g/mol. The summed E-state index contributed by atoms with van der Waals surface area (Å²) >= 11 is 0. The number of aromatic nitrogens is 2. The molecule has 0 saturated heterocycles. The van der Waals surface area contributed by atoms with E-state index in [4.69, 9.17) is 0 Å². The number of nitrogens with zero attached hydrogens (tertiary/aromatic N) is 3. The fraction of sp³-hybridized carbons (Fsp3) is 0.160. The number of aryl methyl sites for hydroxylation is 1. The Morgan fingerprint density at radius 1 is 0.933 bits per heavy atom. The minimum Gasteiger partial charge on any atom is -0.507 e. The third kappa shape index (κ3) is 4.01. The highest BCUT2D eigenvalue weighted by Gasteiger charge is 2.15. The van der Waals surface area contributed by atoms with Gasteiger partial charge in [-0.05, 0) is 42.3 Å². The van der Waals surface area contributed by atoms with Crippen LogP contribution in [0.25, 0.3) is 22.3 Å². The Bertz CT molecular complexity index is 1200. The molecule has 0 aliphatic rings. The van der Waals surface area contributed by atoms with E-state index in [2.05, 4.69) is 9.97 Å². The van der Waals surface area contributed by atoms with Crippen molar-refractivity contribution < 1.29 is 9.90 Å². The molecule has 0 aliphatic heterocycles. The highest BCUT2D eigenvalue weighted by atomic mass is 16.3. The van der Waals surface area contributed by atoms with Crippen LogP contribution in [0, 0.1) is 0 Å². The van der Waals surface area contributed by atoms with Crippen molar-refractivity contribution in [3.63, 3.8) is 0 Å². The number of carbonyl (C=O) groups excluding carboxylic acids is 1. The van der Waals surface area contributed by atoms with Crippen LogP contribution in [0.4, 0.5) is 5.82 Å². The second-order valence-corrected chi connectivity index (χ2v) is 7.42. The van der Waals surface area contributed by atoms with Gasteiger partial charge in [0.2, 0.25) is 0 Å². The number of benzene rings is 3. The molecule has 0 saturated carbocycles. The molecule has 4 aromatic rings. The minimum absolute atomic E-state index is 0.0928. The third-order valence-corrected chi connectivity index (χ3v) is 5.05. The van der Waals surface area contributed by atoms with Crippen LogP contribution < -0.4 is 4.90 Å². The summed E-state index contributed by atoms with van der Waals surface area (Å²) in [6, 6.07) is 22.6. The van der Waals surface area contributed by atoms with E-state index >= 15 is 0 Å². The molecule has 150 valence electrons. The van der Waals surface area contributed by atoms with Gasteiger partial charge in [-0.25, -0.2) is 9.97 Å². The van der Waals surface area contributed by atoms with Crippen molar-refractivity contribution in [2.45, 2.75) is 12.8 Å². The summed E-state index contributed by atoms with van der Waals surface area (Å²) < 4.78 is 0. The van der Waals surface area contributed by atoms with E-state index in [1.54, 1.807) is 18.2 Å². The summed E-state index contributed by atoms with van der Waals surface area (Å²) in [5, 5.41) is 11.0. The number of para-hydroxylation sites is 1. The molecule has 1 N–H and O–H groups in total. The molecule has 1 heterocycles. The fourth-order valence-corrected chi connectivity index (χ4v) is 3.46. The molecule has 0 amide bonds. The minimum atomic E-state index is 0.0928. The van der Waals surface area contributed by atoms with Crippen LogP contribution >= 0.6 is 0 Å². The van der Waals surface area contributed by atoms with Crippen LogP contribution in [0.2, 0.25) is 0 Å². The topological polar surface area (TPSA) is 66.3 Å². The van der Waals surface area contributed by atoms with Gasteiger partial charge in [-0.3, -0.25) is 4.79 Å². The zero-order valence-electron chi connectivity index (χ0n) is 17.0. The van der Waals surface area contributed by atoms with Gasteiger partial charge in [-0.1, -0.05) is 42.5 Å². The fourth-order valence-electron chi connectivity index (χ4n) is 3.46. The van der Waals surface area contributed by atoms with Gasteiger partial charge < -0.3 is 10.0 Å². The first-order valence-electron chi connectivity index (χ1n) is 9.87. The van der Waals surface area contributed by atoms with Gasteiger partial charge in [0, 0.05) is 31.5 Å². The Labute approximate surface area is 175 Å². The van der Waals surface area contributed by atoms with E-state index in [0.717, 1.165) is 16.5 Å². The number of hydrogen-bond acceptors (Lipinski definition) is 5. The number of Topliss-reactive ketones (excluding diaryl/α,β-unsaturated/α-hetero) is 1. The molecule has 0 unspecified atom stereocenters. The molecule has 0 radical (unpaired) electrons. The Morgan fingerprint density at radius 3 is 2.40 bits per heavy atom. The van der Waals surface area contributed by atoms with Crippen LogP contribution in [-0.2, 0) is 6.42 Å². The van der Waals surface area contributed by atoms with Crippen LogP contribution in [0.1, 0.15) is 22.3 Å². The van der Waals surface area contributed by atoms with Crippen molar-refractivity contribution in [1.29, 1.82) is 0 Å². The van der Waals surface area contributed by atoms with Crippen LogP contribution in [-0.4, -0.2) is 35.0 Å². The lowest BCUT2D eigenvalue weighted by atomic mass is 10.0. The van der Waals surface area contributed by atoms with Crippen LogP contribution in [0.3, 0.4) is 0 Å². The number of rotatable bonds is 6. The summed E-state index contributed by atoms with van der Waals surface area (Å²) in [5.41, 5.74) is 3.11. The summed E-state index contributed by atoms with van der Waals surface area (Å²) in [4.78, 5) is 24.0. The maximum absolute atomic E-state index is 12.8. The molecule has 4 rings (SSSR count). The maximum atomic E-state index is 12.8. The Balaban J connectivity index is 1.70. The standard InChI is InChI=1S/C25H23N3O2/c1-28(2)25-20-16-18(22(29)15-12-17-8-4-3-5-9-17)13-14-21(20)26-24(27-25)19-10-6-7-11-23(19)30/h3-11,13-14,16,30H,12,15H2,1-2H3. The third-order valence-electron chi connectivity index (χ3n) is 5.05. The van der Waals surface area contributed by atoms with Gasteiger partial charge >= 0.3 is 0 Å². The predicted molar refractivity (Wildman–Crippen MR) is 120 cm³/mol. The quantitative estimate of drug-likeness (QED) is 0.470. The number of phenolic OH excluding ortho intramolecular Hbond substituents is 1. The second-order valence-electron chi connectivity index (χ2n) is 7.42. The van der Waals surface area contributed by atoms with E-state index in [1.165, 1.54) is 0 Å². The summed E-state index contributed by atoms with van der Waals surface area (Å²) in [5.74, 6) is 1.38. The molecule has 5 nitrogen and oxygen atoms in total. The first-order chi connectivity index (χ1) is 14.5. The van der Waals surface area contributed by atoms with Crippen molar-refractivity contribution in [2.75, 3.05) is 19.0 Å². The van der Waals surface area contributed by atoms with E-state index in [-0.39, 0.29) is 11.5 Å². The summed E-state index contributed by atoms with van der Waals surface area (Å²) in [6.45, 7) is 0. The molecule has 0 bridgehead atoms. The van der Waals surface area contributed by atoms with Crippen molar-refractivity contribution in [2.24, 2.45) is 0 Å². The monoisotopic (exact) mass is 397 g/mol. The number of carbonyl (C=O) groups is 1. The molecular formula is C25H23N3O2. The number of aromatic hydroxyl groups is 1. The molecule has 5 heteroatoms. The zero-order valence-corrected chi connectivity index (χ0v) is 17.0. The Kier molecular flexibility index (Phi) is 5.44. The number of hydrogen-bond donors (Lipinski definition) is 1. The van der Waals surface area contributed by atoms with E-state index < -0.39 is 0 Å². The molecule has 0 aliphatic carbocycles. The summed E-state index contributed by atoms with van der Waals surface area (Å²) in [7, 11) is 3.81. The largest absolute Gasteiger partial charge is 0.507 e. The van der Waals surface area contributed by atoms with Crippen molar-refractivity contribution >= 4 is 22.5 Å². The van der Waals surface area contributed by atoms with Gasteiger partial charge in [-0.15, -0.1) is 0 Å².